The Morgan fingerprint density at radius 2 is 1.48 bits per heavy atom. The molecular weight excluding hydrogens is 297 g/mol. The quantitative estimate of drug-likeness (QED) is 0.490. The van der Waals surface area contributed by atoms with E-state index in [1.807, 2.05) is 35.2 Å². The first kappa shape index (κ1) is 22.5. The molecule has 0 radical (unpaired) electrons. The monoisotopic (exact) mass is 327 g/mol. The van der Waals surface area contributed by atoms with E-state index in [9.17, 15) is 5.11 Å². The van der Waals surface area contributed by atoms with Gasteiger partial charge in [-0.1, -0.05) is 30.3 Å². The van der Waals surface area contributed by atoms with Crippen LogP contribution in [-0.4, -0.2) is 69.1 Å². The summed E-state index contributed by atoms with van der Waals surface area (Å²) in [4.78, 5) is 6.27. The molecule has 0 aliphatic carbocycles. The van der Waals surface area contributed by atoms with Crippen molar-refractivity contribution in [3.05, 3.63) is 41.8 Å². The number of benzene rings is 1. The number of hydrogen-bond donors (Lipinski definition) is 0. The van der Waals surface area contributed by atoms with Crippen LogP contribution in [0.4, 0.5) is 0 Å². The topological polar surface area (TPSA) is 32.8 Å². The maximum absolute atomic E-state index is 11.7. The van der Waals surface area contributed by atoms with Crippen LogP contribution < -0.4 is 34.7 Å². The Morgan fingerprint density at radius 3 is 1.91 bits per heavy atom. The van der Waals surface area contributed by atoms with Crippen molar-refractivity contribution < 1.29 is 34.7 Å². The van der Waals surface area contributed by atoms with Gasteiger partial charge in [-0.2, -0.15) is 0 Å². The van der Waals surface area contributed by atoms with Gasteiger partial charge in [0, 0.05) is 26.2 Å². The van der Waals surface area contributed by atoms with Gasteiger partial charge in [0.25, 0.3) is 0 Å². The molecule has 0 spiro atoms. The molecule has 1 aromatic carbocycles. The maximum Gasteiger partial charge on any atom is 1.00 e. The van der Waals surface area contributed by atoms with Gasteiger partial charge in [0.2, 0.25) is 0 Å². The van der Waals surface area contributed by atoms with Crippen molar-refractivity contribution in [1.29, 1.82) is 0 Å². The Kier molecular flexibility index (Phi) is 12.6. The molecule has 124 valence electrons. The van der Waals surface area contributed by atoms with Crippen LogP contribution in [0.15, 0.2) is 36.2 Å². The van der Waals surface area contributed by atoms with Gasteiger partial charge >= 0.3 is 29.6 Å². The first-order chi connectivity index (χ1) is 10.5. The normalized spacial score (nSPS) is 14.5. The number of likely N-dealkylation sites (N-methyl/N-ethyl adjacent to an activating group) is 2. The smallest absolute Gasteiger partial charge is 0.860 e. The van der Waals surface area contributed by atoms with Crippen molar-refractivity contribution in [2.45, 2.75) is 12.8 Å². The third-order valence-corrected chi connectivity index (χ3v) is 3.50. The van der Waals surface area contributed by atoms with Gasteiger partial charge in [-0.3, -0.25) is 0 Å². The summed E-state index contributed by atoms with van der Waals surface area (Å²) in [5.74, 6) is 0.147. The SMILES string of the molecule is CN(C)CCN(C)C.[Na+].[O-]/C(=C\c1ccccc1)N1CCCC1. The predicted molar refractivity (Wildman–Crippen MR) is 92.3 cm³/mol. The van der Waals surface area contributed by atoms with Crippen molar-refractivity contribution in [2.24, 2.45) is 0 Å². The van der Waals surface area contributed by atoms with Crippen LogP contribution in [-0.2, 0) is 0 Å². The van der Waals surface area contributed by atoms with E-state index in [1.165, 1.54) is 0 Å². The second-order valence-corrected chi connectivity index (χ2v) is 6.19. The molecular formula is C18H30N3NaO. The summed E-state index contributed by atoms with van der Waals surface area (Å²) in [7, 11) is 8.35. The summed E-state index contributed by atoms with van der Waals surface area (Å²) in [6.45, 7) is 4.13. The molecule has 0 unspecified atom stereocenters. The van der Waals surface area contributed by atoms with Gasteiger partial charge in [-0.15, -0.1) is 0 Å². The van der Waals surface area contributed by atoms with Crippen LogP contribution in [0.25, 0.3) is 6.08 Å². The van der Waals surface area contributed by atoms with Crippen molar-refractivity contribution >= 4 is 6.08 Å². The third kappa shape index (κ3) is 10.8. The molecule has 0 saturated carbocycles. The van der Waals surface area contributed by atoms with E-state index in [2.05, 4.69) is 38.0 Å². The van der Waals surface area contributed by atoms with E-state index in [0.29, 0.717) is 0 Å². The summed E-state index contributed by atoms with van der Waals surface area (Å²) in [6, 6.07) is 9.76. The fourth-order valence-electron chi connectivity index (χ4n) is 2.12. The Balaban J connectivity index is 0.000000469. The largest absolute Gasteiger partial charge is 1.00 e. The second kappa shape index (κ2) is 12.8. The molecule has 4 nitrogen and oxygen atoms in total. The fourth-order valence-corrected chi connectivity index (χ4v) is 2.12. The van der Waals surface area contributed by atoms with Gasteiger partial charge in [-0.05, 0) is 58.6 Å². The van der Waals surface area contributed by atoms with Gasteiger partial charge in [0.05, 0.1) is 0 Å². The molecule has 1 aromatic rings. The first-order valence-electron chi connectivity index (χ1n) is 7.97. The van der Waals surface area contributed by atoms with Gasteiger partial charge in [0.1, 0.15) is 0 Å². The van der Waals surface area contributed by atoms with Crippen molar-refractivity contribution in [2.75, 3.05) is 54.4 Å². The Morgan fingerprint density at radius 1 is 1.00 bits per heavy atom. The minimum absolute atomic E-state index is 0. The maximum atomic E-state index is 11.7. The van der Waals surface area contributed by atoms with Crippen LogP contribution in [0.5, 0.6) is 0 Å². The zero-order valence-electron chi connectivity index (χ0n) is 15.5. The number of rotatable bonds is 5. The second-order valence-electron chi connectivity index (χ2n) is 6.19. The molecule has 2 rings (SSSR count). The van der Waals surface area contributed by atoms with Crippen LogP contribution in [0.3, 0.4) is 0 Å². The molecule has 0 N–H and O–H groups in total. The zero-order chi connectivity index (χ0) is 16.4. The molecule has 23 heavy (non-hydrogen) atoms. The molecule has 1 aliphatic heterocycles. The summed E-state index contributed by atoms with van der Waals surface area (Å²) < 4.78 is 0. The summed E-state index contributed by atoms with van der Waals surface area (Å²) in [5.41, 5.74) is 0.990. The zero-order valence-corrected chi connectivity index (χ0v) is 17.5. The molecule has 0 aromatic heterocycles. The molecule has 1 heterocycles. The van der Waals surface area contributed by atoms with Crippen molar-refractivity contribution in [1.82, 2.24) is 14.7 Å². The van der Waals surface area contributed by atoms with Gasteiger partial charge in [0.15, 0.2) is 0 Å². The van der Waals surface area contributed by atoms with E-state index >= 15 is 0 Å². The molecule has 5 heteroatoms. The van der Waals surface area contributed by atoms with E-state index in [-0.39, 0.29) is 35.4 Å². The van der Waals surface area contributed by atoms with Crippen molar-refractivity contribution in [3.8, 4) is 0 Å². The average molecular weight is 327 g/mol. The van der Waals surface area contributed by atoms with E-state index < -0.39 is 0 Å². The summed E-state index contributed by atoms with van der Waals surface area (Å²) in [6.07, 6.45) is 4.01. The van der Waals surface area contributed by atoms with Crippen LogP contribution >= 0.6 is 0 Å². The minimum atomic E-state index is 0. The number of nitrogens with zero attached hydrogens (tertiary/aromatic N) is 3. The van der Waals surface area contributed by atoms with E-state index in [1.54, 1.807) is 6.08 Å². The van der Waals surface area contributed by atoms with E-state index in [4.69, 9.17) is 0 Å². The summed E-state index contributed by atoms with van der Waals surface area (Å²) >= 11 is 0. The predicted octanol–water partition coefficient (Wildman–Crippen LogP) is -1.45. The fraction of sp³-hybridized carbons (Fsp3) is 0.556. The standard InChI is InChI=1S/C12H15NO.C6H16N2.Na/c14-12(13-8-4-5-9-13)10-11-6-2-1-3-7-11;1-7(2)5-6-8(3)4;/h1-3,6-7,10,14H,4-5,8-9H2;5-6H2,1-4H3;/q;;+1/p-1/b12-10-;;. The minimum Gasteiger partial charge on any atom is -0.860 e. The molecule has 1 fully saturated rings. The van der Waals surface area contributed by atoms with Crippen LogP contribution in [0, 0.1) is 0 Å². The third-order valence-electron chi connectivity index (χ3n) is 3.50. The molecule has 1 saturated heterocycles. The average Bonchev–Trinajstić information content (AvgIpc) is 3.01. The Labute approximate surface area is 164 Å². The van der Waals surface area contributed by atoms with Crippen molar-refractivity contribution in [3.63, 3.8) is 0 Å². The molecule has 1 aliphatic rings. The molecule has 0 atom stereocenters. The molecule has 0 bridgehead atoms. The number of hydrogen-bond acceptors (Lipinski definition) is 4. The summed E-state index contributed by atoms with van der Waals surface area (Å²) in [5, 5.41) is 11.7. The van der Waals surface area contributed by atoms with Gasteiger partial charge in [-0.25, -0.2) is 0 Å². The Hall–Kier alpha value is -0.520. The first-order valence-corrected chi connectivity index (χ1v) is 7.97. The van der Waals surface area contributed by atoms with E-state index in [0.717, 1.165) is 44.6 Å². The number of likely N-dealkylation sites (tertiary alicyclic amines) is 1. The Bertz CT molecular complexity index is 421. The van der Waals surface area contributed by atoms with Crippen LogP contribution in [0.1, 0.15) is 18.4 Å². The van der Waals surface area contributed by atoms with Gasteiger partial charge < -0.3 is 19.8 Å². The van der Waals surface area contributed by atoms with Crippen LogP contribution in [0.2, 0.25) is 0 Å². The molecule has 0 amide bonds.